The van der Waals surface area contributed by atoms with E-state index in [4.69, 9.17) is 9.47 Å². The van der Waals surface area contributed by atoms with Crippen molar-refractivity contribution in [1.82, 2.24) is 5.32 Å². The number of nitrogens with one attached hydrogen (secondary N) is 1. The highest BCUT2D eigenvalue weighted by Gasteiger charge is 2.23. The molecule has 0 saturated heterocycles. The molecule has 0 radical (unpaired) electrons. The van der Waals surface area contributed by atoms with E-state index in [-0.39, 0.29) is 0 Å². The molecular weight excluding hydrogens is 250 g/mol. The fraction of sp³-hybridized carbons (Fsp3) is 0.647. The Kier molecular flexibility index (Phi) is 7.63. The van der Waals surface area contributed by atoms with Crippen LogP contribution in [0, 0.1) is 11.8 Å². The summed E-state index contributed by atoms with van der Waals surface area (Å²) in [7, 11) is 1.69. The average molecular weight is 279 g/mol. The molecule has 0 aliphatic carbocycles. The lowest BCUT2D eigenvalue weighted by Gasteiger charge is -2.29. The fourth-order valence-electron chi connectivity index (χ4n) is 2.29. The number of hydrogen-bond donors (Lipinski definition) is 1. The molecule has 1 aromatic carbocycles. The van der Waals surface area contributed by atoms with Crippen LogP contribution in [0.1, 0.15) is 39.3 Å². The zero-order chi connectivity index (χ0) is 15.0. The van der Waals surface area contributed by atoms with Gasteiger partial charge in [-0.15, -0.1) is 0 Å². The lowest BCUT2D eigenvalue weighted by Crippen LogP contribution is -2.30. The predicted octanol–water partition coefficient (Wildman–Crippen LogP) is 3.65. The molecule has 0 aliphatic rings. The summed E-state index contributed by atoms with van der Waals surface area (Å²) in [5.41, 5.74) is 1.24. The molecule has 1 rings (SSSR count). The number of hydrogen-bond acceptors (Lipinski definition) is 3. The molecule has 0 bridgehead atoms. The molecule has 0 spiro atoms. The standard InChI is InChI=1S/C17H29NO2/c1-6-18-17(14(4)13(2)3)15-9-7-8-10-16(15)20-12-11-19-5/h7-10,13-14,17-18H,6,11-12H2,1-5H3. The van der Waals surface area contributed by atoms with E-state index in [0.29, 0.717) is 31.1 Å². The topological polar surface area (TPSA) is 30.5 Å². The highest BCUT2D eigenvalue weighted by Crippen LogP contribution is 2.33. The van der Waals surface area contributed by atoms with Crippen LogP contribution in [-0.4, -0.2) is 26.9 Å². The monoisotopic (exact) mass is 279 g/mol. The highest BCUT2D eigenvalue weighted by atomic mass is 16.5. The maximum absolute atomic E-state index is 5.87. The van der Waals surface area contributed by atoms with Crippen LogP contribution in [0.4, 0.5) is 0 Å². The minimum absolute atomic E-state index is 0.318. The predicted molar refractivity (Wildman–Crippen MR) is 84.2 cm³/mol. The Morgan fingerprint density at radius 2 is 1.80 bits per heavy atom. The summed E-state index contributed by atoms with van der Waals surface area (Å²) >= 11 is 0. The SMILES string of the molecule is CCNC(c1ccccc1OCCOC)C(C)C(C)C. The molecule has 1 aromatic rings. The molecule has 1 N–H and O–H groups in total. The first-order valence-corrected chi connectivity index (χ1v) is 7.55. The highest BCUT2D eigenvalue weighted by molar-refractivity contribution is 5.36. The summed E-state index contributed by atoms with van der Waals surface area (Å²) in [6.45, 7) is 11.1. The molecule has 20 heavy (non-hydrogen) atoms. The van der Waals surface area contributed by atoms with E-state index in [1.807, 2.05) is 12.1 Å². The maximum Gasteiger partial charge on any atom is 0.124 e. The molecule has 0 amide bonds. The van der Waals surface area contributed by atoms with Gasteiger partial charge in [0.15, 0.2) is 0 Å². The smallest absolute Gasteiger partial charge is 0.124 e. The van der Waals surface area contributed by atoms with Gasteiger partial charge in [0.1, 0.15) is 12.4 Å². The van der Waals surface area contributed by atoms with Crippen molar-refractivity contribution in [3.63, 3.8) is 0 Å². The van der Waals surface area contributed by atoms with Gasteiger partial charge in [-0.1, -0.05) is 45.9 Å². The number of para-hydroxylation sites is 1. The second-order valence-electron chi connectivity index (χ2n) is 5.52. The molecule has 0 aliphatic heterocycles. The second-order valence-corrected chi connectivity index (χ2v) is 5.52. The summed E-state index contributed by atoms with van der Waals surface area (Å²) in [4.78, 5) is 0. The Labute approximate surface area is 123 Å². The van der Waals surface area contributed by atoms with Crippen molar-refractivity contribution in [3.8, 4) is 5.75 Å². The molecule has 2 unspecified atom stereocenters. The summed E-state index contributed by atoms with van der Waals surface area (Å²) in [6, 6.07) is 8.63. The molecule has 0 aromatic heterocycles. The van der Waals surface area contributed by atoms with E-state index in [1.54, 1.807) is 7.11 Å². The summed E-state index contributed by atoms with van der Waals surface area (Å²) in [5, 5.41) is 3.60. The van der Waals surface area contributed by atoms with Crippen LogP contribution < -0.4 is 10.1 Å². The van der Waals surface area contributed by atoms with Crippen molar-refractivity contribution in [3.05, 3.63) is 29.8 Å². The third-order valence-corrected chi connectivity index (χ3v) is 3.80. The van der Waals surface area contributed by atoms with Crippen molar-refractivity contribution >= 4 is 0 Å². The molecule has 3 nitrogen and oxygen atoms in total. The van der Waals surface area contributed by atoms with Gasteiger partial charge in [0.25, 0.3) is 0 Å². The van der Waals surface area contributed by atoms with Gasteiger partial charge in [0.2, 0.25) is 0 Å². The van der Waals surface area contributed by atoms with Gasteiger partial charge in [-0.25, -0.2) is 0 Å². The van der Waals surface area contributed by atoms with Crippen LogP contribution in [0.2, 0.25) is 0 Å². The third-order valence-electron chi connectivity index (χ3n) is 3.80. The number of ether oxygens (including phenoxy) is 2. The van der Waals surface area contributed by atoms with Crippen LogP contribution in [0.15, 0.2) is 24.3 Å². The minimum atomic E-state index is 0.318. The van der Waals surface area contributed by atoms with Crippen molar-refractivity contribution in [2.75, 3.05) is 26.9 Å². The molecule has 0 fully saturated rings. The quantitative estimate of drug-likeness (QED) is 0.700. The molecule has 3 heteroatoms. The molecule has 0 saturated carbocycles. The molecule has 114 valence electrons. The zero-order valence-corrected chi connectivity index (χ0v) is 13.5. The fourth-order valence-corrected chi connectivity index (χ4v) is 2.29. The van der Waals surface area contributed by atoms with Gasteiger partial charge in [0.05, 0.1) is 6.61 Å². The first-order chi connectivity index (χ1) is 9.61. The summed E-state index contributed by atoms with van der Waals surface area (Å²) in [6.07, 6.45) is 0. The van der Waals surface area contributed by atoms with Crippen molar-refractivity contribution in [2.45, 2.75) is 33.7 Å². The third kappa shape index (κ3) is 4.80. The Balaban J connectivity index is 2.94. The van der Waals surface area contributed by atoms with Gasteiger partial charge < -0.3 is 14.8 Å². The Morgan fingerprint density at radius 1 is 1.10 bits per heavy atom. The van der Waals surface area contributed by atoms with Crippen molar-refractivity contribution in [2.24, 2.45) is 11.8 Å². The van der Waals surface area contributed by atoms with Gasteiger partial charge in [-0.2, -0.15) is 0 Å². The van der Waals surface area contributed by atoms with Gasteiger partial charge >= 0.3 is 0 Å². The van der Waals surface area contributed by atoms with E-state index in [9.17, 15) is 0 Å². The molecule has 0 heterocycles. The Bertz CT molecular complexity index is 379. The van der Waals surface area contributed by atoms with E-state index in [2.05, 4.69) is 45.1 Å². The average Bonchev–Trinajstić information content (AvgIpc) is 2.45. The Morgan fingerprint density at radius 3 is 2.40 bits per heavy atom. The first-order valence-electron chi connectivity index (χ1n) is 7.55. The van der Waals surface area contributed by atoms with Crippen LogP contribution in [0.25, 0.3) is 0 Å². The molecular formula is C17H29NO2. The molecule has 2 atom stereocenters. The van der Waals surface area contributed by atoms with E-state index >= 15 is 0 Å². The van der Waals surface area contributed by atoms with Crippen molar-refractivity contribution < 1.29 is 9.47 Å². The number of methoxy groups -OCH3 is 1. The van der Waals surface area contributed by atoms with E-state index in [0.717, 1.165) is 12.3 Å². The lowest BCUT2D eigenvalue weighted by atomic mass is 9.85. The second kappa shape index (κ2) is 8.98. The van der Waals surface area contributed by atoms with Gasteiger partial charge in [0, 0.05) is 18.7 Å². The van der Waals surface area contributed by atoms with Crippen LogP contribution in [-0.2, 0) is 4.74 Å². The minimum Gasteiger partial charge on any atom is -0.491 e. The van der Waals surface area contributed by atoms with Crippen LogP contribution in [0.5, 0.6) is 5.75 Å². The largest absolute Gasteiger partial charge is 0.491 e. The van der Waals surface area contributed by atoms with E-state index < -0.39 is 0 Å². The number of benzene rings is 1. The summed E-state index contributed by atoms with van der Waals surface area (Å²) < 4.78 is 10.9. The summed E-state index contributed by atoms with van der Waals surface area (Å²) in [5.74, 6) is 2.12. The first kappa shape index (κ1) is 17.0. The number of rotatable bonds is 9. The van der Waals surface area contributed by atoms with Crippen molar-refractivity contribution in [1.29, 1.82) is 0 Å². The van der Waals surface area contributed by atoms with Gasteiger partial charge in [-0.05, 0) is 24.4 Å². The van der Waals surface area contributed by atoms with E-state index in [1.165, 1.54) is 5.56 Å². The normalized spacial score (nSPS) is 14.3. The Hall–Kier alpha value is -1.06. The zero-order valence-electron chi connectivity index (χ0n) is 13.5. The van der Waals surface area contributed by atoms with Gasteiger partial charge in [-0.3, -0.25) is 0 Å². The lowest BCUT2D eigenvalue weighted by molar-refractivity contribution is 0.144. The van der Waals surface area contributed by atoms with Crippen LogP contribution >= 0.6 is 0 Å². The maximum atomic E-state index is 5.87. The van der Waals surface area contributed by atoms with Crippen LogP contribution in [0.3, 0.4) is 0 Å².